The SMILES string of the molecule is NC1(c2noc(-c3ccc(F)c(C(F)(F)F)c3)n2)CCC1. The summed E-state index contributed by atoms with van der Waals surface area (Å²) < 4.78 is 56.2. The molecule has 1 aromatic carbocycles. The fourth-order valence-electron chi connectivity index (χ4n) is 2.20. The highest BCUT2D eigenvalue weighted by Gasteiger charge is 2.39. The van der Waals surface area contributed by atoms with E-state index in [-0.39, 0.29) is 17.3 Å². The molecular weight excluding hydrogens is 290 g/mol. The minimum absolute atomic E-state index is 0.00500. The van der Waals surface area contributed by atoms with Gasteiger partial charge in [-0.3, -0.25) is 0 Å². The molecule has 1 saturated carbocycles. The van der Waals surface area contributed by atoms with Gasteiger partial charge in [-0.15, -0.1) is 0 Å². The molecule has 4 nitrogen and oxygen atoms in total. The summed E-state index contributed by atoms with van der Waals surface area (Å²) in [6, 6.07) is 2.53. The van der Waals surface area contributed by atoms with Crippen molar-refractivity contribution in [2.24, 2.45) is 5.73 Å². The highest BCUT2D eigenvalue weighted by atomic mass is 19.4. The Hall–Kier alpha value is -1.96. The third-order valence-corrected chi connectivity index (χ3v) is 3.64. The topological polar surface area (TPSA) is 64.9 Å². The first kappa shape index (κ1) is 14.0. The standard InChI is InChI=1S/C13H11F4N3O/c14-9-3-2-7(6-8(9)13(15,16)17)10-19-11(20-21-10)12(18)4-1-5-12/h2-3,6H,1,4-5,18H2. The predicted molar refractivity (Wildman–Crippen MR) is 64.4 cm³/mol. The van der Waals surface area contributed by atoms with E-state index < -0.39 is 23.1 Å². The normalized spacial score (nSPS) is 17.6. The van der Waals surface area contributed by atoms with Crippen LogP contribution in [0.3, 0.4) is 0 Å². The number of alkyl halides is 3. The van der Waals surface area contributed by atoms with Crippen molar-refractivity contribution >= 4 is 0 Å². The molecule has 1 heterocycles. The van der Waals surface area contributed by atoms with E-state index in [1.54, 1.807) is 0 Å². The molecule has 0 amide bonds. The maximum atomic E-state index is 13.2. The lowest BCUT2D eigenvalue weighted by molar-refractivity contribution is -0.139. The Morgan fingerprint density at radius 3 is 2.52 bits per heavy atom. The van der Waals surface area contributed by atoms with Gasteiger partial charge in [-0.05, 0) is 37.5 Å². The molecule has 0 saturated heterocycles. The highest BCUT2D eigenvalue weighted by Crippen LogP contribution is 2.38. The van der Waals surface area contributed by atoms with Crippen molar-refractivity contribution in [1.82, 2.24) is 10.1 Å². The van der Waals surface area contributed by atoms with Crippen LogP contribution in [-0.4, -0.2) is 10.1 Å². The van der Waals surface area contributed by atoms with Gasteiger partial charge in [0.2, 0.25) is 0 Å². The first-order chi connectivity index (χ1) is 9.79. The first-order valence-electron chi connectivity index (χ1n) is 6.30. The van der Waals surface area contributed by atoms with E-state index in [2.05, 4.69) is 10.1 Å². The smallest absolute Gasteiger partial charge is 0.334 e. The maximum Gasteiger partial charge on any atom is 0.419 e. The molecular formula is C13H11F4N3O. The average molecular weight is 301 g/mol. The van der Waals surface area contributed by atoms with Crippen LogP contribution in [0.25, 0.3) is 11.5 Å². The highest BCUT2D eigenvalue weighted by molar-refractivity contribution is 5.55. The average Bonchev–Trinajstić information content (AvgIpc) is 2.85. The summed E-state index contributed by atoms with van der Waals surface area (Å²) in [5.74, 6) is -1.19. The number of hydrogen-bond acceptors (Lipinski definition) is 4. The van der Waals surface area contributed by atoms with Crippen molar-refractivity contribution in [2.45, 2.75) is 31.0 Å². The van der Waals surface area contributed by atoms with Gasteiger partial charge in [-0.1, -0.05) is 5.16 Å². The van der Waals surface area contributed by atoms with Gasteiger partial charge in [-0.2, -0.15) is 18.2 Å². The Kier molecular flexibility index (Phi) is 3.01. The monoisotopic (exact) mass is 301 g/mol. The summed E-state index contributed by atoms with van der Waals surface area (Å²) in [5, 5.41) is 3.71. The number of rotatable bonds is 2. The summed E-state index contributed by atoms with van der Waals surface area (Å²) in [7, 11) is 0. The van der Waals surface area contributed by atoms with E-state index in [4.69, 9.17) is 10.3 Å². The van der Waals surface area contributed by atoms with Crippen molar-refractivity contribution in [3.05, 3.63) is 35.4 Å². The number of hydrogen-bond donors (Lipinski definition) is 1. The predicted octanol–water partition coefficient (Wildman–Crippen LogP) is 3.23. The van der Waals surface area contributed by atoms with Gasteiger partial charge >= 0.3 is 6.18 Å². The van der Waals surface area contributed by atoms with Crippen molar-refractivity contribution in [3.8, 4) is 11.5 Å². The van der Waals surface area contributed by atoms with Crippen molar-refractivity contribution < 1.29 is 22.1 Å². The van der Waals surface area contributed by atoms with E-state index in [0.717, 1.165) is 18.6 Å². The molecule has 1 aromatic heterocycles. The van der Waals surface area contributed by atoms with Crippen LogP contribution in [0, 0.1) is 5.82 Å². The second-order valence-electron chi connectivity index (χ2n) is 5.13. The second-order valence-corrected chi connectivity index (χ2v) is 5.13. The maximum absolute atomic E-state index is 13.2. The van der Waals surface area contributed by atoms with Crippen LogP contribution in [-0.2, 0) is 11.7 Å². The summed E-state index contributed by atoms with van der Waals surface area (Å²) in [5.41, 5.74) is 3.98. The molecule has 2 N–H and O–H groups in total. The van der Waals surface area contributed by atoms with Crippen LogP contribution in [0.4, 0.5) is 17.6 Å². The van der Waals surface area contributed by atoms with Crippen LogP contribution < -0.4 is 5.73 Å². The van der Waals surface area contributed by atoms with Gasteiger partial charge in [0.1, 0.15) is 5.82 Å². The van der Waals surface area contributed by atoms with Crippen LogP contribution in [0.2, 0.25) is 0 Å². The zero-order chi connectivity index (χ0) is 15.3. The molecule has 0 atom stereocenters. The fourth-order valence-corrected chi connectivity index (χ4v) is 2.20. The largest absolute Gasteiger partial charge is 0.419 e. The molecule has 0 spiro atoms. The lowest BCUT2D eigenvalue weighted by atomic mass is 9.77. The molecule has 1 aliphatic carbocycles. The number of nitrogens with zero attached hydrogens (tertiary/aromatic N) is 2. The molecule has 21 heavy (non-hydrogen) atoms. The zero-order valence-corrected chi connectivity index (χ0v) is 10.7. The minimum Gasteiger partial charge on any atom is -0.334 e. The van der Waals surface area contributed by atoms with Gasteiger partial charge < -0.3 is 10.3 Å². The lowest BCUT2D eigenvalue weighted by Crippen LogP contribution is -2.44. The van der Waals surface area contributed by atoms with E-state index in [9.17, 15) is 17.6 Å². The lowest BCUT2D eigenvalue weighted by Gasteiger charge is -2.34. The van der Waals surface area contributed by atoms with Gasteiger partial charge in [0.05, 0.1) is 11.1 Å². The van der Waals surface area contributed by atoms with E-state index in [1.807, 2.05) is 0 Å². The van der Waals surface area contributed by atoms with Crippen LogP contribution >= 0.6 is 0 Å². The molecule has 0 bridgehead atoms. The molecule has 1 fully saturated rings. The molecule has 8 heteroatoms. The van der Waals surface area contributed by atoms with Crippen molar-refractivity contribution in [2.75, 3.05) is 0 Å². The van der Waals surface area contributed by atoms with Crippen LogP contribution in [0.15, 0.2) is 22.7 Å². The van der Waals surface area contributed by atoms with Crippen LogP contribution in [0.5, 0.6) is 0 Å². The summed E-state index contributed by atoms with van der Waals surface area (Å²) in [6.45, 7) is 0. The van der Waals surface area contributed by atoms with E-state index >= 15 is 0 Å². The summed E-state index contributed by atoms with van der Waals surface area (Å²) >= 11 is 0. The number of nitrogens with two attached hydrogens (primary N) is 1. The number of halogens is 4. The third-order valence-electron chi connectivity index (χ3n) is 3.64. The zero-order valence-electron chi connectivity index (χ0n) is 10.7. The van der Waals surface area contributed by atoms with Crippen molar-refractivity contribution in [3.63, 3.8) is 0 Å². The summed E-state index contributed by atoms with van der Waals surface area (Å²) in [4.78, 5) is 4.03. The Morgan fingerprint density at radius 2 is 1.95 bits per heavy atom. The minimum atomic E-state index is -4.79. The first-order valence-corrected chi connectivity index (χ1v) is 6.30. The van der Waals surface area contributed by atoms with E-state index in [0.29, 0.717) is 18.9 Å². The number of benzene rings is 1. The number of aromatic nitrogens is 2. The Bertz CT molecular complexity index is 676. The third kappa shape index (κ3) is 2.39. The van der Waals surface area contributed by atoms with E-state index in [1.165, 1.54) is 0 Å². The molecule has 0 aliphatic heterocycles. The van der Waals surface area contributed by atoms with Gasteiger partial charge in [0.25, 0.3) is 5.89 Å². The van der Waals surface area contributed by atoms with Crippen LogP contribution in [0.1, 0.15) is 30.7 Å². The molecule has 3 rings (SSSR count). The Labute approximate surface area is 116 Å². The molecule has 0 radical (unpaired) electrons. The Balaban J connectivity index is 1.98. The van der Waals surface area contributed by atoms with Gasteiger partial charge in [0, 0.05) is 5.56 Å². The Morgan fingerprint density at radius 1 is 1.24 bits per heavy atom. The fraction of sp³-hybridized carbons (Fsp3) is 0.385. The molecule has 2 aromatic rings. The molecule has 0 unspecified atom stereocenters. The second kappa shape index (κ2) is 4.52. The molecule has 1 aliphatic rings. The van der Waals surface area contributed by atoms with Gasteiger partial charge in [-0.25, -0.2) is 4.39 Å². The van der Waals surface area contributed by atoms with Gasteiger partial charge in [0.15, 0.2) is 5.82 Å². The van der Waals surface area contributed by atoms with Crippen molar-refractivity contribution in [1.29, 1.82) is 0 Å². The summed E-state index contributed by atoms with van der Waals surface area (Å²) in [6.07, 6.45) is -2.45. The molecule has 112 valence electrons. The quantitative estimate of drug-likeness (QED) is 0.865.